The molecule has 119 valence electrons. The van der Waals surface area contributed by atoms with Crippen LogP contribution in [-0.2, 0) is 4.79 Å². The maximum absolute atomic E-state index is 10.9. The van der Waals surface area contributed by atoms with Crippen molar-refractivity contribution in [2.75, 3.05) is 0 Å². The van der Waals surface area contributed by atoms with Gasteiger partial charge in [-0.25, -0.2) is 0 Å². The van der Waals surface area contributed by atoms with Gasteiger partial charge in [0.25, 0.3) is 9.04 Å². The fraction of sp³-hybridized carbons (Fsp3) is 0.0500. The predicted molar refractivity (Wildman–Crippen MR) is 96.9 cm³/mol. The molecule has 0 saturated carbocycles. The van der Waals surface area contributed by atoms with E-state index in [4.69, 9.17) is 4.74 Å². The fourth-order valence-electron chi connectivity index (χ4n) is 2.46. The first kappa shape index (κ1) is 16.2. The highest BCUT2D eigenvalue weighted by Crippen LogP contribution is 2.21. The molecule has 0 bridgehead atoms. The standard InChI is InChI=1S/C20H17O3Si/c1-15(21)23-18-11-7-16(8-12-18)17-9-13-20(14-10-17)24(22)19-5-3-2-4-6-19/h2-14,22H,1H3. The molecule has 1 radical (unpaired) electrons. The summed E-state index contributed by atoms with van der Waals surface area (Å²) in [5.74, 6) is 0.207. The molecule has 0 heterocycles. The van der Waals surface area contributed by atoms with E-state index < -0.39 is 9.04 Å². The van der Waals surface area contributed by atoms with Gasteiger partial charge in [0.05, 0.1) is 0 Å². The molecule has 0 spiro atoms. The summed E-state index contributed by atoms with van der Waals surface area (Å²) in [4.78, 5) is 21.5. The van der Waals surface area contributed by atoms with E-state index in [-0.39, 0.29) is 5.97 Å². The molecule has 0 aromatic heterocycles. The lowest BCUT2D eigenvalue weighted by Gasteiger charge is -2.09. The molecule has 24 heavy (non-hydrogen) atoms. The molecule has 3 aromatic rings. The topological polar surface area (TPSA) is 46.5 Å². The van der Waals surface area contributed by atoms with Crippen molar-refractivity contribution in [3.63, 3.8) is 0 Å². The van der Waals surface area contributed by atoms with Gasteiger partial charge in [-0.2, -0.15) is 0 Å². The van der Waals surface area contributed by atoms with E-state index in [1.54, 1.807) is 12.1 Å². The number of carbonyl (C=O) groups is 1. The van der Waals surface area contributed by atoms with E-state index in [1.165, 1.54) is 6.92 Å². The fourth-order valence-corrected chi connectivity index (χ4v) is 3.79. The monoisotopic (exact) mass is 333 g/mol. The molecule has 0 aliphatic heterocycles. The van der Waals surface area contributed by atoms with Gasteiger partial charge in [0.15, 0.2) is 0 Å². The zero-order valence-corrected chi connectivity index (χ0v) is 14.3. The minimum atomic E-state index is -1.72. The molecular formula is C20H17O3Si. The number of ether oxygens (including phenoxy) is 1. The first-order valence-electron chi connectivity index (χ1n) is 7.64. The second kappa shape index (κ2) is 7.25. The Morgan fingerprint density at radius 3 is 1.83 bits per heavy atom. The summed E-state index contributed by atoms with van der Waals surface area (Å²) >= 11 is 0. The molecule has 1 N–H and O–H groups in total. The van der Waals surface area contributed by atoms with Crippen molar-refractivity contribution in [2.24, 2.45) is 0 Å². The van der Waals surface area contributed by atoms with Crippen molar-refractivity contribution in [2.45, 2.75) is 6.92 Å². The highest BCUT2D eigenvalue weighted by atomic mass is 28.3. The third-order valence-electron chi connectivity index (χ3n) is 3.65. The first-order chi connectivity index (χ1) is 11.6. The normalized spacial score (nSPS) is 10.6. The van der Waals surface area contributed by atoms with Crippen LogP contribution in [0.1, 0.15) is 6.92 Å². The van der Waals surface area contributed by atoms with Gasteiger partial charge in [0.2, 0.25) is 0 Å². The molecule has 0 saturated heterocycles. The molecule has 3 nitrogen and oxygen atoms in total. The second-order valence-electron chi connectivity index (χ2n) is 5.41. The van der Waals surface area contributed by atoms with Crippen LogP contribution in [0.3, 0.4) is 0 Å². The van der Waals surface area contributed by atoms with Crippen molar-refractivity contribution in [1.29, 1.82) is 0 Å². The number of hydrogen-bond acceptors (Lipinski definition) is 3. The van der Waals surface area contributed by atoms with Gasteiger partial charge in [0.1, 0.15) is 5.75 Å². The Balaban J connectivity index is 1.78. The Labute approximate surface area is 142 Å². The zero-order valence-electron chi connectivity index (χ0n) is 13.3. The summed E-state index contributed by atoms with van der Waals surface area (Å²) < 4.78 is 5.04. The number of rotatable bonds is 4. The SMILES string of the molecule is CC(=O)Oc1ccc(-c2ccc([Si](O)c3ccccc3)cc2)cc1. The second-order valence-corrected chi connectivity index (χ2v) is 7.26. The van der Waals surface area contributed by atoms with Crippen LogP contribution in [0, 0.1) is 0 Å². The lowest BCUT2D eigenvalue weighted by molar-refractivity contribution is -0.131. The summed E-state index contributed by atoms with van der Waals surface area (Å²) in [5, 5.41) is 1.92. The first-order valence-corrected chi connectivity index (χ1v) is 9.09. The van der Waals surface area contributed by atoms with Crippen LogP contribution in [0.5, 0.6) is 5.75 Å². The van der Waals surface area contributed by atoms with Crippen LogP contribution >= 0.6 is 0 Å². The van der Waals surface area contributed by atoms with E-state index in [1.807, 2.05) is 66.7 Å². The summed E-state index contributed by atoms with van der Waals surface area (Å²) in [6, 6.07) is 25.0. The quantitative estimate of drug-likeness (QED) is 0.453. The summed E-state index contributed by atoms with van der Waals surface area (Å²) in [7, 11) is -1.72. The van der Waals surface area contributed by atoms with E-state index in [0.29, 0.717) is 5.75 Å². The van der Waals surface area contributed by atoms with Crippen LogP contribution in [-0.4, -0.2) is 19.8 Å². The zero-order chi connectivity index (χ0) is 16.9. The minimum absolute atomic E-state index is 0.328. The van der Waals surface area contributed by atoms with E-state index in [9.17, 15) is 9.59 Å². The van der Waals surface area contributed by atoms with Gasteiger partial charge in [-0.3, -0.25) is 4.79 Å². The lowest BCUT2D eigenvalue weighted by Crippen LogP contribution is -2.42. The Morgan fingerprint density at radius 2 is 1.29 bits per heavy atom. The van der Waals surface area contributed by atoms with Crippen molar-refractivity contribution < 1.29 is 14.3 Å². The predicted octanol–water partition coefficient (Wildman–Crippen LogP) is 2.38. The average molecular weight is 333 g/mol. The molecule has 4 heteroatoms. The smallest absolute Gasteiger partial charge is 0.308 e. The van der Waals surface area contributed by atoms with Crippen LogP contribution in [0.4, 0.5) is 0 Å². The molecule has 0 aliphatic carbocycles. The summed E-state index contributed by atoms with van der Waals surface area (Å²) in [6.07, 6.45) is 0. The third-order valence-corrected chi connectivity index (χ3v) is 5.42. The number of esters is 1. The Bertz CT molecular complexity index is 812. The molecule has 0 atom stereocenters. The van der Waals surface area contributed by atoms with Gasteiger partial charge < -0.3 is 9.53 Å². The van der Waals surface area contributed by atoms with Crippen LogP contribution < -0.4 is 15.1 Å². The molecule has 3 rings (SSSR count). The van der Waals surface area contributed by atoms with Gasteiger partial charge in [0, 0.05) is 6.92 Å². The number of benzene rings is 3. The van der Waals surface area contributed by atoms with Crippen LogP contribution in [0.25, 0.3) is 11.1 Å². The maximum Gasteiger partial charge on any atom is 0.308 e. The van der Waals surface area contributed by atoms with Crippen molar-refractivity contribution in [3.05, 3.63) is 78.9 Å². The summed E-state index contributed by atoms with van der Waals surface area (Å²) in [6.45, 7) is 1.38. The van der Waals surface area contributed by atoms with Crippen LogP contribution in [0.15, 0.2) is 78.9 Å². The van der Waals surface area contributed by atoms with Crippen molar-refractivity contribution >= 4 is 25.4 Å². The highest BCUT2D eigenvalue weighted by Gasteiger charge is 2.14. The Hall–Kier alpha value is -2.69. The van der Waals surface area contributed by atoms with Gasteiger partial charge in [-0.15, -0.1) is 0 Å². The summed E-state index contributed by atoms with van der Waals surface area (Å²) in [5.41, 5.74) is 2.08. The van der Waals surface area contributed by atoms with Crippen LogP contribution in [0.2, 0.25) is 0 Å². The van der Waals surface area contributed by atoms with Gasteiger partial charge in [-0.05, 0) is 33.6 Å². The molecule has 0 amide bonds. The molecule has 0 unspecified atom stereocenters. The maximum atomic E-state index is 10.9. The largest absolute Gasteiger partial charge is 0.427 e. The number of hydrogen-bond donors (Lipinski definition) is 1. The molecule has 3 aromatic carbocycles. The highest BCUT2D eigenvalue weighted by molar-refractivity contribution is 6.78. The van der Waals surface area contributed by atoms with E-state index >= 15 is 0 Å². The molecule has 0 aliphatic rings. The minimum Gasteiger partial charge on any atom is -0.427 e. The van der Waals surface area contributed by atoms with Crippen molar-refractivity contribution in [3.8, 4) is 16.9 Å². The van der Waals surface area contributed by atoms with E-state index in [2.05, 4.69) is 0 Å². The third kappa shape index (κ3) is 3.79. The Morgan fingerprint density at radius 1 is 0.792 bits per heavy atom. The molecule has 0 fully saturated rings. The average Bonchev–Trinajstić information content (AvgIpc) is 2.62. The Kier molecular flexibility index (Phi) is 4.89. The molecular weight excluding hydrogens is 316 g/mol. The van der Waals surface area contributed by atoms with Crippen molar-refractivity contribution in [1.82, 2.24) is 0 Å². The lowest BCUT2D eigenvalue weighted by atomic mass is 10.1. The van der Waals surface area contributed by atoms with Gasteiger partial charge >= 0.3 is 5.97 Å². The van der Waals surface area contributed by atoms with E-state index in [0.717, 1.165) is 21.5 Å². The van der Waals surface area contributed by atoms with Gasteiger partial charge in [-0.1, -0.05) is 66.7 Å². The number of carbonyl (C=O) groups excluding carboxylic acids is 1.